The Labute approximate surface area is 120 Å². The summed E-state index contributed by atoms with van der Waals surface area (Å²) in [5.41, 5.74) is 6.63. The van der Waals surface area contributed by atoms with Crippen LogP contribution in [0.25, 0.3) is 0 Å². The van der Waals surface area contributed by atoms with E-state index in [9.17, 15) is 9.90 Å². The molecule has 0 radical (unpaired) electrons. The summed E-state index contributed by atoms with van der Waals surface area (Å²) in [6.07, 6.45) is 0.272. The van der Waals surface area contributed by atoms with Gasteiger partial charge in [-0.1, -0.05) is 19.9 Å². The number of anilines is 1. The number of nitrogens with one attached hydrogen (secondary N) is 1. The molecular formula is C14H23ClN2O2. The van der Waals surface area contributed by atoms with Crippen LogP contribution in [-0.4, -0.2) is 23.7 Å². The van der Waals surface area contributed by atoms with Crippen LogP contribution in [0.15, 0.2) is 24.3 Å². The van der Waals surface area contributed by atoms with Crippen LogP contribution in [0.2, 0.25) is 0 Å². The smallest absolute Gasteiger partial charge is 0.251 e. The summed E-state index contributed by atoms with van der Waals surface area (Å²) in [4.78, 5) is 11.9. The SMILES string of the molecule is CC(O)CC(C)(C)CNC(=O)c1cccc(N)c1.Cl. The molecule has 5 heteroatoms. The molecule has 1 aromatic rings. The average molecular weight is 287 g/mol. The predicted molar refractivity (Wildman–Crippen MR) is 80.5 cm³/mol. The first-order chi connectivity index (χ1) is 8.30. The van der Waals surface area contributed by atoms with Crippen LogP contribution < -0.4 is 11.1 Å². The van der Waals surface area contributed by atoms with Gasteiger partial charge in [-0.15, -0.1) is 12.4 Å². The van der Waals surface area contributed by atoms with Crippen LogP contribution in [0.4, 0.5) is 5.69 Å². The molecule has 0 aliphatic carbocycles. The van der Waals surface area contributed by atoms with Crippen molar-refractivity contribution in [3.63, 3.8) is 0 Å². The normalized spacial score (nSPS) is 12.4. The van der Waals surface area contributed by atoms with Gasteiger partial charge in [0.25, 0.3) is 5.91 Å². The number of hydrogen-bond donors (Lipinski definition) is 3. The maximum Gasteiger partial charge on any atom is 0.251 e. The van der Waals surface area contributed by atoms with Crippen molar-refractivity contribution >= 4 is 24.0 Å². The van der Waals surface area contributed by atoms with Crippen molar-refractivity contribution < 1.29 is 9.90 Å². The fraction of sp³-hybridized carbons (Fsp3) is 0.500. The van der Waals surface area contributed by atoms with Gasteiger partial charge in [-0.05, 0) is 37.0 Å². The van der Waals surface area contributed by atoms with E-state index in [1.807, 2.05) is 13.8 Å². The van der Waals surface area contributed by atoms with Crippen LogP contribution in [0.3, 0.4) is 0 Å². The number of aliphatic hydroxyl groups excluding tert-OH is 1. The lowest BCUT2D eigenvalue weighted by atomic mass is 9.87. The summed E-state index contributed by atoms with van der Waals surface area (Å²) in [6, 6.07) is 6.88. The van der Waals surface area contributed by atoms with Gasteiger partial charge >= 0.3 is 0 Å². The lowest BCUT2D eigenvalue weighted by Gasteiger charge is -2.26. The molecule has 0 fully saturated rings. The summed E-state index contributed by atoms with van der Waals surface area (Å²) in [6.45, 7) is 6.30. The van der Waals surface area contributed by atoms with Gasteiger partial charge in [0.15, 0.2) is 0 Å². The molecule has 1 aromatic carbocycles. The Kier molecular flexibility index (Phi) is 6.87. The highest BCUT2D eigenvalue weighted by Crippen LogP contribution is 2.21. The molecule has 1 rings (SSSR count). The largest absolute Gasteiger partial charge is 0.399 e. The number of amides is 1. The number of carbonyl (C=O) groups excluding carboxylic acids is 1. The number of nitrogen functional groups attached to an aromatic ring is 1. The summed E-state index contributed by atoms with van der Waals surface area (Å²) in [7, 11) is 0. The van der Waals surface area contributed by atoms with Crippen molar-refractivity contribution in [1.29, 1.82) is 0 Å². The first-order valence-corrected chi connectivity index (χ1v) is 6.12. The van der Waals surface area contributed by atoms with E-state index >= 15 is 0 Å². The minimum absolute atomic E-state index is 0. The Morgan fingerprint density at radius 3 is 2.63 bits per heavy atom. The fourth-order valence-electron chi connectivity index (χ4n) is 1.97. The van der Waals surface area contributed by atoms with Gasteiger partial charge in [-0.25, -0.2) is 0 Å². The Morgan fingerprint density at radius 1 is 1.47 bits per heavy atom. The van der Waals surface area contributed by atoms with Crippen LogP contribution >= 0.6 is 12.4 Å². The molecule has 0 saturated heterocycles. The molecule has 108 valence electrons. The van der Waals surface area contributed by atoms with E-state index in [0.29, 0.717) is 24.2 Å². The number of benzene rings is 1. The second-order valence-electron chi connectivity index (χ2n) is 5.53. The summed E-state index contributed by atoms with van der Waals surface area (Å²) in [5.74, 6) is -0.138. The lowest BCUT2D eigenvalue weighted by molar-refractivity contribution is 0.0902. The van der Waals surface area contributed by atoms with Crippen LogP contribution in [0.5, 0.6) is 0 Å². The number of hydrogen-bond acceptors (Lipinski definition) is 3. The lowest BCUT2D eigenvalue weighted by Crippen LogP contribution is -2.35. The van der Waals surface area contributed by atoms with Gasteiger partial charge in [0.1, 0.15) is 0 Å². The minimum Gasteiger partial charge on any atom is -0.399 e. The van der Waals surface area contributed by atoms with Gasteiger partial charge in [0.05, 0.1) is 6.10 Å². The first-order valence-electron chi connectivity index (χ1n) is 6.12. The predicted octanol–water partition coefficient (Wildman–Crippen LogP) is 2.22. The molecule has 0 saturated carbocycles. The van der Waals surface area contributed by atoms with E-state index in [-0.39, 0.29) is 29.8 Å². The zero-order chi connectivity index (χ0) is 13.8. The van der Waals surface area contributed by atoms with Crippen molar-refractivity contribution in [3.8, 4) is 0 Å². The molecule has 4 N–H and O–H groups in total. The Bertz CT molecular complexity index is 420. The minimum atomic E-state index is -0.371. The average Bonchev–Trinajstić information content (AvgIpc) is 2.24. The molecule has 4 nitrogen and oxygen atoms in total. The quantitative estimate of drug-likeness (QED) is 0.727. The molecule has 0 aliphatic heterocycles. The summed E-state index contributed by atoms with van der Waals surface area (Å²) >= 11 is 0. The topological polar surface area (TPSA) is 75.3 Å². The monoisotopic (exact) mass is 286 g/mol. The number of carbonyl (C=O) groups is 1. The number of halogens is 1. The summed E-state index contributed by atoms with van der Waals surface area (Å²) < 4.78 is 0. The van der Waals surface area contributed by atoms with E-state index < -0.39 is 0 Å². The second-order valence-corrected chi connectivity index (χ2v) is 5.53. The molecule has 1 atom stereocenters. The summed E-state index contributed by atoms with van der Waals surface area (Å²) in [5, 5.41) is 12.2. The molecule has 0 heterocycles. The van der Waals surface area contributed by atoms with Gasteiger partial charge in [0, 0.05) is 17.8 Å². The number of aliphatic hydroxyl groups is 1. The van der Waals surface area contributed by atoms with Crippen molar-refractivity contribution in [1.82, 2.24) is 5.32 Å². The van der Waals surface area contributed by atoms with Gasteiger partial charge in [-0.3, -0.25) is 4.79 Å². The first kappa shape index (κ1) is 17.7. The maximum atomic E-state index is 11.9. The van der Waals surface area contributed by atoms with E-state index in [0.717, 1.165) is 0 Å². The standard InChI is InChI=1S/C14H22N2O2.ClH/c1-10(17)8-14(2,3)9-16-13(18)11-5-4-6-12(15)7-11;/h4-7,10,17H,8-9,15H2,1-3H3,(H,16,18);1H. The van der Waals surface area contributed by atoms with Gasteiger partial charge in [0.2, 0.25) is 0 Å². The van der Waals surface area contributed by atoms with E-state index in [1.54, 1.807) is 31.2 Å². The van der Waals surface area contributed by atoms with Crippen molar-refractivity contribution in [2.75, 3.05) is 12.3 Å². The Hall–Kier alpha value is -1.26. The molecule has 0 aromatic heterocycles. The Morgan fingerprint density at radius 2 is 2.11 bits per heavy atom. The number of rotatable bonds is 5. The zero-order valence-corrected chi connectivity index (χ0v) is 12.5. The van der Waals surface area contributed by atoms with Crippen molar-refractivity contribution in [2.45, 2.75) is 33.3 Å². The van der Waals surface area contributed by atoms with E-state index in [4.69, 9.17) is 5.73 Å². The van der Waals surface area contributed by atoms with Crippen molar-refractivity contribution in [3.05, 3.63) is 29.8 Å². The molecule has 1 unspecified atom stereocenters. The maximum absolute atomic E-state index is 11.9. The van der Waals surface area contributed by atoms with E-state index in [1.165, 1.54) is 0 Å². The second kappa shape index (κ2) is 7.36. The van der Waals surface area contributed by atoms with Crippen LogP contribution in [0, 0.1) is 5.41 Å². The third kappa shape index (κ3) is 6.45. The molecule has 19 heavy (non-hydrogen) atoms. The third-order valence-electron chi connectivity index (χ3n) is 2.72. The third-order valence-corrected chi connectivity index (χ3v) is 2.72. The fourth-order valence-corrected chi connectivity index (χ4v) is 1.97. The van der Waals surface area contributed by atoms with E-state index in [2.05, 4.69) is 5.32 Å². The molecule has 0 bridgehead atoms. The molecule has 0 aliphatic rings. The zero-order valence-electron chi connectivity index (χ0n) is 11.6. The number of nitrogens with two attached hydrogens (primary N) is 1. The molecular weight excluding hydrogens is 264 g/mol. The highest BCUT2D eigenvalue weighted by atomic mass is 35.5. The van der Waals surface area contributed by atoms with Crippen LogP contribution in [0.1, 0.15) is 37.6 Å². The molecule has 1 amide bonds. The Balaban J connectivity index is 0.00000324. The molecule has 0 spiro atoms. The van der Waals surface area contributed by atoms with Gasteiger partial charge < -0.3 is 16.2 Å². The highest BCUT2D eigenvalue weighted by molar-refractivity contribution is 5.94. The van der Waals surface area contributed by atoms with Crippen molar-refractivity contribution in [2.24, 2.45) is 5.41 Å². The van der Waals surface area contributed by atoms with Gasteiger partial charge in [-0.2, -0.15) is 0 Å². The highest BCUT2D eigenvalue weighted by Gasteiger charge is 2.21. The van der Waals surface area contributed by atoms with Crippen LogP contribution in [-0.2, 0) is 0 Å².